The Bertz CT molecular complexity index is 472. The summed E-state index contributed by atoms with van der Waals surface area (Å²) in [6.07, 6.45) is 0.557. The zero-order chi connectivity index (χ0) is 15.2. The number of carbonyl (C=O) groups is 2. The zero-order valence-corrected chi connectivity index (χ0v) is 12.3. The molecule has 1 aromatic rings. The number of urea groups is 1. The number of hydrogen-bond acceptors (Lipinski definition) is 2. The van der Waals surface area contributed by atoms with Crippen LogP contribution in [0.5, 0.6) is 0 Å². The Labute approximate surface area is 123 Å². The first-order valence-corrected chi connectivity index (χ1v) is 6.68. The largest absolute Gasteiger partial charge is 0.481 e. The quantitative estimate of drug-likeness (QED) is 0.755. The van der Waals surface area contributed by atoms with Crippen LogP contribution in [0.1, 0.15) is 25.8 Å². The molecular formula is C14H19ClN2O3. The minimum Gasteiger partial charge on any atom is -0.481 e. The molecule has 0 aromatic heterocycles. The van der Waals surface area contributed by atoms with Crippen molar-refractivity contribution < 1.29 is 14.7 Å². The molecular weight excluding hydrogens is 280 g/mol. The number of nitrogens with one attached hydrogen (secondary N) is 2. The lowest BCUT2D eigenvalue weighted by Gasteiger charge is -2.24. The maximum atomic E-state index is 11.6. The van der Waals surface area contributed by atoms with Crippen molar-refractivity contribution in [3.05, 3.63) is 34.9 Å². The van der Waals surface area contributed by atoms with Crippen molar-refractivity contribution in [2.45, 2.75) is 32.2 Å². The molecule has 0 aliphatic heterocycles. The number of benzene rings is 1. The van der Waals surface area contributed by atoms with Gasteiger partial charge in [-0.05, 0) is 38.0 Å². The summed E-state index contributed by atoms with van der Waals surface area (Å²) < 4.78 is 0. The van der Waals surface area contributed by atoms with Crippen LogP contribution in [0.15, 0.2) is 24.3 Å². The number of carbonyl (C=O) groups excluding carboxylic acids is 1. The summed E-state index contributed by atoms with van der Waals surface area (Å²) in [5.41, 5.74) is 0.287. The molecule has 1 rings (SSSR count). The Morgan fingerprint density at radius 2 is 1.85 bits per heavy atom. The van der Waals surface area contributed by atoms with Gasteiger partial charge in [0.25, 0.3) is 0 Å². The third kappa shape index (κ3) is 6.43. The second-order valence-corrected chi connectivity index (χ2v) is 5.65. The molecule has 3 N–H and O–H groups in total. The van der Waals surface area contributed by atoms with Crippen molar-refractivity contribution in [3.8, 4) is 0 Å². The van der Waals surface area contributed by atoms with E-state index < -0.39 is 11.5 Å². The third-order valence-electron chi connectivity index (χ3n) is 2.66. The van der Waals surface area contributed by atoms with Crippen molar-refractivity contribution in [3.63, 3.8) is 0 Å². The molecule has 0 aliphatic carbocycles. The molecule has 0 bridgehead atoms. The minimum atomic E-state index is -0.948. The Kier molecular flexibility index (Phi) is 5.82. The van der Waals surface area contributed by atoms with Gasteiger partial charge >= 0.3 is 12.0 Å². The fourth-order valence-corrected chi connectivity index (χ4v) is 1.87. The highest BCUT2D eigenvalue weighted by Crippen LogP contribution is 2.10. The van der Waals surface area contributed by atoms with Gasteiger partial charge < -0.3 is 15.7 Å². The number of halogens is 1. The fourth-order valence-electron chi connectivity index (χ4n) is 1.75. The van der Waals surface area contributed by atoms with Crippen LogP contribution < -0.4 is 10.6 Å². The SMILES string of the molecule is CC(C)(CC(=O)O)NC(=O)NCCc1ccc(Cl)cc1. The molecule has 0 spiro atoms. The summed E-state index contributed by atoms with van der Waals surface area (Å²) in [6.45, 7) is 3.80. The number of amides is 2. The lowest BCUT2D eigenvalue weighted by atomic mass is 10.0. The summed E-state index contributed by atoms with van der Waals surface area (Å²) in [6, 6.07) is 7.03. The molecule has 1 aromatic carbocycles. The first-order chi connectivity index (χ1) is 9.28. The number of carboxylic acid groups (broad SMARTS) is 1. The average molecular weight is 299 g/mol. The summed E-state index contributed by atoms with van der Waals surface area (Å²) in [5, 5.41) is 14.7. The van der Waals surface area contributed by atoms with Gasteiger partial charge in [-0.25, -0.2) is 4.79 Å². The van der Waals surface area contributed by atoms with Crippen molar-refractivity contribution in [1.82, 2.24) is 10.6 Å². The Morgan fingerprint density at radius 3 is 2.40 bits per heavy atom. The number of rotatable bonds is 6. The highest BCUT2D eigenvalue weighted by atomic mass is 35.5. The lowest BCUT2D eigenvalue weighted by Crippen LogP contribution is -2.49. The van der Waals surface area contributed by atoms with E-state index in [-0.39, 0.29) is 12.5 Å². The highest BCUT2D eigenvalue weighted by Gasteiger charge is 2.23. The molecule has 0 heterocycles. The molecule has 6 heteroatoms. The predicted molar refractivity (Wildman–Crippen MR) is 78.0 cm³/mol. The van der Waals surface area contributed by atoms with Crippen LogP contribution in [0.4, 0.5) is 4.79 Å². The van der Waals surface area contributed by atoms with Crippen molar-refractivity contribution in [2.75, 3.05) is 6.54 Å². The lowest BCUT2D eigenvalue weighted by molar-refractivity contribution is -0.138. The molecule has 0 unspecified atom stereocenters. The summed E-state index contributed by atoms with van der Waals surface area (Å²) in [5.74, 6) is -0.948. The summed E-state index contributed by atoms with van der Waals surface area (Å²) in [4.78, 5) is 22.3. The standard InChI is InChI=1S/C14H19ClN2O3/c1-14(2,9-12(18)19)17-13(20)16-8-7-10-3-5-11(15)6-4-10/h3-6H,7-9H2,1-2H3,(H,18,19)(H2,16,17,20). The Hall–Kier alpha value is -1.75. The van der Waals surface area contributed by atoms with Crippen LogP contribution in [0.3, 0.4) is 0 Å². The topological polar surface area (TPSA) is 78.4 Å². The molecule has 0 radical (unpaired) electrons. The average Bonchev–Trinajstić information content (AvgIpc) is 2.29. The van der Waals surface area contributed by atoms with Gasteiger partial charge in [-0.15, -0.1) is 0 Å². The van der Waals surface area contributed by atoms with E-state index in [4.69, 9.17) is 16.7 Å². The van der Waals surface area contributed by atoms with E-state index in [1.807, 2.05) is 12.1 Å². The molecule has 0 fully saturated rings. The Balaban J connectivity index is 2.33. The molecule has 0 aliphatic rings. The summed E-state index contributed by atoms with van der Waals surface area (Å²) in [7, 11) is 0. The third-order valence-corrected chi connectivity index (χ3v) is 2.91. The normalized spacial score (nSPS) is 10.9. The highest BCUT2D eigenvalue weighted by molar-refractivity contribution is 6.30. The monoisotopic (exact) mass is 298 g/mol. The van der Waals surface area contributed by atoms with E-state index in [2.05, 4.69) is 10.6 Å². The van der Waals surface area contributed by atoms with Gasteiger partial charge in [0, 0.05) is 17.1 Å². The van der Waals surface area contributed by atoms with Gasteiger partial charge in [0.05, 0.1) is 6.42 Å². The molecule has 110 valence electrons. The van der Waals surface area contributed by atoms with Crippen molar-refractivity contribution in [2.24, 2.45) is 0 Å². The van der Waals surface area contributed by atoms with Crippen LogP contribution in [0.2, 0.25) is 5.02 Å². The van der Waals surface area contributed by atoms with Gasteiger partial charge in [-0.1, -0.05) is 23.7 Å². The molecule has 20 heavy (non-hydrogen) atoms. The van der Waals surface area contributed by atoms with E-state index in [9.17, 15) is 9.59 Å². The van der Waals surface area contributed by atoms with Gasteiger partial charge in [0.15, 0.2) is 0 Å². The number of hydrogen-bond donors (Lipinski definition) is 3. The van der Waals surface area contributed by atoms with Gasteiger partial charge in [-0.2, -0.15) is 0 Å². The zero-order valence-electron chi connectivity index (χ0n) is 11.6. The first-order valence-electron chi connectivity index (χ1n) is 6.31. The molecule has 0 saturated carbocycles. The van der Waals surface area contributed by atoms with E-state index in [1.54, 1.807) is 26.0 Å². The minimum absolute atomic E-state index is 0.127. The smallest absolute Gasteiger partial charge is 0.315 e. The number of carboxylic acids is 1. The van der Waals surface area contributed by atoms with Crippen LogP contribution in [0.25, 0.3) is 0 Å². The predicted octanol–water partition coefficient (Wildman–Crippen LogP) is 2.44. The second-order valence-electron chi connectivity index (χ2n) is 5.21. The van der Waals surface area contributed by atoms with Crippen LogP contribution in [0, 0.1) is 0 Å². The van der Waals surface area contributed by atoms with E-state index in [0.29, 0.717) is 18.0 Å². The maximum absolute atomic E-state index is 11.6. The van der Waals surface area contributed by atoms with Crippen LogP contribution in [-0.4, -0.2) is 29.2 Å². The summed E-state index contributed by atoms with van der Waals surface area (Å²) >= 11 is 5.78. The molecule has 2 amide bonds. The second kappa shape index (κ2) is 7.14. The van der Waals surface area contributed by atoms with E-state index in [0.717, 1.165) is 5.56 Å². The fraction of sp³-hybridized carbons (Fsp3) is 0.429. The van der Waals surface area contributed by atoms with Crippen molar-refractivity contribution in [1.29, 1.82) is 0 Å². The first kappa shape index (κ1) is 16.3. The molecule has 5 nitrogen and oxygen atoms in total. The van der Waals surface area contributed by atoms with Gasteiger partial charge in [0.2, 0.25) is 0 Å². The van der Waals surface area contributed by atoms with E-state index >= 15 is 0 Å². The maximum Gasteiger partial charge on any atom is 0.315 e. The van der Waals surface area contributed by atoms with Gasteiger partial charge in [-0.3, -0.25) is 4.79 Å². The van der Waals surface area contributed by atoms with Crippen LogP contribution in [-0.2, 0) is 11.2 Å². The Morgan fingerprint density at radius 1 is 1.25 bits per heavy atom. The van der Waals surface area contributed by atoms with Gasteiger partial charge in [0.1, 0.15) is 0 Å². The molecule has 0 atom stereocenters. The van der Waals surface area contributed by atoms with E-state index in [1.165, 1.54) is 0 Å². The number of aliphatic carboxylic acids is 1. The van der Waals surface area contributed by atoms with Crippen LogP contribution >= 0.6 is 11.6 Å². The molecule has 0 saturated heterocycles. The van der Waals surface area contributed by atoms with Crippen molar-refractivity contribution >= 4 is 23.6 Å².